The van der Waals surface area contributed by atoms with Gasteiger partial charge in [0.2, 0.25) is 0 Å². The molecule has 1 aromatic heterocycles. The van der Waals surface area contributed by atoms with Crippen molar-refractivity contribution in [3.05, 3.63) is 18.0 Å². The number of hydrogen-bond acceptors (Lipinski definition) is 3. The molecule has 1 unspecified atom stereocenters. The highest BCUT2D eigenvalue weighted by Crippen LogP contribution is 2.34. The lowest BCUT2D eigenvalue weighted by Crippen LogP contribution is -2.46. The lowest BCUT2D eigenvalue weighted by Gasteiger charge is -2.41. The molecule has 1 aromatic rings. The van der Waals surface area contributed by atoms with Crippen LogP contribution in [0.5, 0.6) is 0 Å². The van der Waals surface area contributed by atoms with Gasteiger partial charge in [0.25, 0.3) is 0 Å². The lowest BCUT2D eigenvalue weighted by molar-refractivity contribution is -0.146. The summed E-state index contributed by atoms with van der Waals surface area (Å²) in [4.78, 5) is 0. The Morgan fingerprint density at radius 1 is 1.53 bits per heavy atom. The Morgan fingerprint density at radius 2 is 2.29 bits per heavy atom. The zero-order chi connectivity index (χ0) is 12.5. The van der Waals surface area contributed by atoms with Crippen LogP contribution in [0.4, 0.5) is 0 Å². The van der Waals surface area contributed by atoms with Crippen LogP contribution in [-0.4, -0.2) is 32.7 Å². The molecule has 1 fully saturated rings. The highest BCUT2D eigenvalue weighted by atomic mass is 16.5. The quantitative estimate of drug-likeness (QED) is 0.871. The fourth-order valence-corrected chi connectivity index (χ4v) is 2.64. The number of nitrogens with zero attached hydrogens (tertiary/aromatic N) is 2. The predicted molar refractivity (Wildman–Crippen MR) is 65.7 cm³/mol. The molecular formula is C13H22N2O2. The van der Waals surface area contributed by atoms with E-state index in [1.54, 1.807) is 4.68 Å². The van der Waals surface area contributed by atoms with Gasteiger partial charge >= 0.3 is 0 Å². The first kappa shape index (κ1) is 12.6. The van der Waals surface area contributed by atoms with E-state index in [-0.39, 0.29) is 5.60 Å². The van der Waals surface area contributed by atoms with E-state index < -0.39 is 5.60 Å². The van der Waals surface area contributed by atoms with E-state index in [1.807, 2.05) is 33.3 Å². The van der Waals surface area contributed by atoms with Gasteiger partial charge < -0.3 is 9.84 Å². The maximum Gasteiger partial charge on any atom is 0.0700 e. The minimum atomic E-state index is -0.586. The Balaban J connectivity index is 1.93. The summed E-state index contributed by atoms with van der Waals surface area (Å²) in [6.45, 7) is 4.74. The standard InChI is InChI=1S/C13H22N2O2/c1-12(2)10-13(16,6-7-17-12)5-4-11-8-14-15(3)9-11/h8-9,16H,4-7,10H2,1-3H3. The van der Waals surface area contributed by atoms with Crippen molar-refractivity contribution in [2.24, 2.45) is 7.05 Å². The van der Waals surface area contributed by atoms with Crippen molar-refractivity contribution < 1.29 is 9.84 Å². The largest absolute Gasteiger partial charge is 0.390 e. The Bertz CT molecular complexity index is 387. The molecule has 0 bridgehead atoms. The maximum absolute atomic E-state index is 10.6. The Labute approximate surface area is 103 Å². The van der Waals surface area contributed by atoms with E-state index in [2.05, 4.69) is 5.10 Å². The first-order valence-electron chi connectivity index (χ1n) is 6.23. The van der Waals surface area contributed by atoms with Crippen LogP contribution in [0.1, 0.15) is 38.7 Å². The third-order valence-electron chi connectivity index (χ3n) is 3.45. The number of aliphatic hydroxyl groups is 1. The van der Waals surface area contributed by atoms with Gasteiger partial charge in [0, 0.05) is 19.7 Å². The number of rotatable bonds is 3. The van der Waals surface area contributed by atoms with Gasteiger partial charge in [-0.3, -0.25) is 4.68 Å². The van der Waals surface area contributed by atoms with Crippen molar-refractivity contribution in [1.82, 2.24) is 9.78 Å². The normalized spacial score (nSPS) is 28.2. The van der Waals surface area contributed by atoms with E-state index >= 15 is 0 Å². The Kier molecular flexibility index (Phi) is 3.27. The van der Waals surface area contributed by atoms with Crippen LogP contribution in [0.3, 0.4) is 0 Å². The molecule has 1 saturated heterocycles. The van der Waals surface area contributed by atoms with Crippen LogP contribution in [0.25, 0.3) is 0 Å². The van der Waals surface area contributed by atoms with Crippen LogP contribution in [0.15, 0.2) is 12.4 Å². The maximum atomic E-state index is 10.6. The fraction of sp³-hybridized carbons (Fsp3) is 0.769. The molecular weight excluding hydrogens is 216 g/mol. The van der Waals surface area contributed by atoms with Gasteiger partial charge in [-0.2, -0.15) is 5.10 Å². The molecule has 96 valence electrons. The monoisotopic (exact) mass is 238 g/mol. The minimum Gasteiger partial charge on any atom is -0.390 e. The van der Waals surface area contributed by atoms with Crippen LogP contribution in [-0.2, 0) is 18.2 Å². The SMILES string of the molecule is Cn1cc(CCC2(O)CCOC(C)(C)C2)cn1. The van der Waals surface area contributed by atoms with Crippen LogP contribution in [0.2, 0.25) is 0 Å². The summed E-state index contributed by atoms with van der Waals surface area (Å²) in [5.74, 6) is 0. The van der Waals surface area contributed by atoms with Crippen molar-refractivity contribution in [3.8, 4) is 0 Å². The molecule has 0 radical (unpaired) electrons. The molecule has 0 amide bonds. The first-order chi connectivity index (χ1) is 7.89. The molecule has 17 heavy (non-hydrogen) atoms. The van der Waals surface area contributed by atoms with Gasteiger partial charge in [0.15, 0.2) is 0 Å². The number of aryl methyl sites for hydroxylation is 2. The van der Waals surface area contributed by atoms with E-state index in [0.29, 0.717) is 13.0 Å². The van der Waals surface area contributed by atoms with Crippen molar-refractivity contribution in [3.63, 3.8) is 0 Å². The zero-order valence-electron chi connectivity index (χ0n) is 10.9. The molecule has 1 atom stereocenters. The molecule has 0 saturated carbocycles. The third-order valence-corrected chi connectivity index (χ3v) is 3.45. The highest BCUT2D eigenvalue weighted by Gasteiger charge is 2.38. The molecule has 4 nitrogen and oxygen atoms in total. The Hall–Kier alpha value is -0.870. The van der Waals surface area contributed by atoms with Gasteiger partial charge in [0.05, 0.1) is 24.0 Å². The molecule has 2 heterocycles. The van der Waals surface area contributed by atoms with Gasteiger partial charge in [0.1, 0.15) is 0 Å². The van der Waals surface area contributed by atoms with Gasteiger partial charge in [-0.05, 0) is 38.7 Å². The first-order valence-corrected chi connectivity index (χ1v) is 6.23. The van der Waals surface area contributed by atoms with Gasteiger partial charge in [-0.1, -0.05) is 0 Å². The average Bonchev–Trinajstić information content (AvgIpc) is 2.60. The van der Waals surface area contributed by atoms with Crippen molar-refractivity contribution in [1.29, 1.82) is 0 Å². The molecule has 4 heteroatoms. The number of aromatic nitrogens is 2. The van der Waals surface area contributed by atoms with Crippen molar-refractivity contribution in [2.45, 2.75) is 50.7 Å². The van der Waals surface area contributed by atoms with Crippen LogP contribution < -0.4 is 0 Å². The fourth-order valence-electron chi connectivity index (χ4n) is 2.64. The lowest BCUT2D eigenvalue weighted by atomic mass is 9.81. The smallest absolute Gasteiger partial charge is 0.0700 e. The summed E-state index contributed by atoms with van der Waals surface area (Å²) in [5.41, 5.74) is 0.393. The van der Waals surface area contributed by atoms with E-state index in [4.69, 9.17) is 4.74 Å². The molecule has 0 aromatic carbocycles. The summed E-state index contributed by atoms with van der Waals surface area (Å²) < 4.78 is 7.44. The Morgan fingerprint density at radius 3 is 2.88 bits per heavy atom. The summed E-state index contributed by atoms with van der Waals surface area (Å²) in [7, 11) is 1.91. The summed E-state index contributed by atoms with van der Waals surface area (Å²) >= 11 is 0. The van der Waals surface area contributed by atoms with Crippen molar-refractivity contribution >= 4 is 0 Å². The molecule has 0 spiro atoms. The zero-order valence-corrected chi connectivity index (χ0v) is 10.9. The molecule has 2 rings (SSSR count). The molecule has 1 N–H and O–H groups in total. The van der Waals surface area contributed by atoms with Gasteiger partial charge in [-0.25, -0.2) is 0 Å². The number of hydrogen-bond donors (Lipinski definition) is 1. The average molecular weight is 238 g/mol. The minimum absolute atomic E-state index is 0.206. The second-order valence-corrected chi connectivity index (χ2v) is 5.78. The second kappa shape index (κ2) is 4.42. The summed E-state index contributed by atoms with van der Waals surface area (Å²) in [6, 6.07) is 0. The van der Waals surface area contributed by atoms with Crippen LogP contribution in [0, 0.1) is 0 Å². The molecule has 0 aliphatic carbocycles. The number of ether oxygens (including phenoxy) is 1. The summed E-state index contributed by atoms with van der Waals surface area (Å²) in [5, 5.41) is 14.7. The third kappa shape index (κ3) is 3.30. The van der Waals surface area contributed by atoms with E-state index in [9.17, 15) is 5.11 Å². The molecule has 1 aliphatic heterocycles. The van der Waals surface area contributed by atoms with Crippen molar-refractivity contribution in [2.75, 3.05) is 6.61 Å². The summed E-state index contributed by atoms with van der Waals surface area (Å²) in [6.07, 6.45) is 6.98. The topological polar surface area (TPSA) is 47.3 Å². The van der Waals surface area contributed by atoms with Gasteiger partial charge in [-0.15, -0.1) is 0 Å². The van der Waals surface area contributed by atoms with E-state index in [0.717, 1.165) is 19.3 Å². The molecule has 1 aliphatic rings. The second-order valence-electron chi connectivity index (χ2n) is 5.78. The highest BCUT2D eigenvalue weighted by molar-refractivity contribution is 5.05. The van der Waals surface area contributed by atoms with Crippen LogP contribution >= 0.6 is 0 Å². The predicted octanol–water partition coefficient (Wildman–Crippen LogP) is 1.67. The van der Waals surface area contributed by atoms with E-state index in [1.165, 1.54) is 5.56 Å².